The molecule has 0 N–H and O–H groups in total. The van der Waals surface area contributed by atoms with Gasteiger partial charge in [0.25, 0.3) is 0 Å². The first-order chi connectivity index (χ1) is 9.79. The van der Waals surface area contributed by atoms with E-state index in [2.05, 4.69) is 0 Å². The van der Waals surface area contributed by atoms with Gasteiger partial charge in [-0.2, -0.15) is 0 Å². The number of amides is 2. The van der Waals surface area contributed by atoms with Gasteiger partial charge in [-0.25, -0.2) is 0 Å². The topological polar surface area (TPSA) is 66.9 Å². The highest BCUT2D eigenvalue weighted by atomic mass is 16.5. The van der Waals surface area contributed by atoms with Crippen LogP contribution < -0.4 is 0 Å². The van der Waals surface area contributed by atoms with Crippen LogP contribution in [-0.4, -0.2) is 61.4 Å². The maximum absolute atomic E-state index is 11.7. The Kier molecular flexibility index (Phi) is 9.62. The van der Waals surface area contributed by atoms with Crippen molar-refractivity contribution in [1.29, 1.82) is 0 Å². The van der Waals surface area contributed by atoms with E-state index in [1.54, 1.807) is 32.8 Å². The molecule has 0 fully saturated rings. The molecule has 21 heavy (non-hydrogen) atoms. The number of hydrogen-bond acceptors (Lipinski definition) is 4. The number of rotatable bonds is 10. The molecule has 0 spiro atoms. The lowest BCUT2D eigenvalue weighted by Gasteiger charge is -2.19. The van der Waals surface area contributed by atoms with E-state index in [0.29, 0.717) is 19.6 Å². The molecule has 0 rings (SSSR count). The average molecular weight is 300 g/mol. The maximum atomic E-state index is 11.7. The summed E-state index contributed by atoms with van der Waals surface area (Å²) in [5.41, 5.74) is 0. The Balaban J connectivity index is 3.79. The van der Waals surface area contributed by atoms with Gasteiger partial charge in [0.2, 0.25) is 11.8 Å². The standard InChI is InChI=1S/C15H28N2O4/c1-6-14(19)16(4)8-7-9-21-11-17(5)15(20)10-13(18)12(2)3/h12H,6-11H2,1-5H3. The smallest absolute Gasteiger partial charge is 0.231 e. The van der Waals surface area contributed by atoms with E-state index >= 15 is 0 Å². The Morgan fingerprint density at radius 1 is 1.05 bits per heavy atom. The van der Waals surface area contributed by atoms with Crippen molar-refractivity contribution < 1.29 is 19.1 Å². The zero-order chi connectivity index (χ0) is 16.4. The Morgan fingerprint density at radius 2 is 1.67 bits per heavy atom. The molecule has 0 unspecified atom stereocenters. The summed E-state index contributed by atoms with van der Waals surface area (Å²) in [6.07, 6.45) is 1.14. The van der Waals surface area contributed by atoms with Gasteiger partial charge in [-0.15, -0.1) is 0 Å². The lowest BCUT2D eigenvalue weighted by atomic mass is 10.1. The van der Waals surface area contributed by atoms with Crippen LogP contribution in [0, 0.1) is 5.92 Å². The lowest BCUT2D eigenvalue weighted by molar-refractivity contribution is -0.139. The van der Waals surface area contributed by atoms with Crippen LogP contribution >= 0.6 is 0 Å². The van der Waals surface area contributed by atoms with Gasteiger partial charge in [0.15, 0.2) is 0 Å². The molecule has 0 radical (unpaired) electrons. The van der Waals surface area contributed by atoms with Gasteiger partial charge in [0.05, 0.1) is 13.0 Å². The Bertz CT molecular complexity index is 356. The van der Waals surface area contributed by atoms with Crippen molar-refractivity contribution >= 4 is 17.6 Å². The van der Waals surface area contributed by atoms with Crippen LogP contribution in [0.25, 0.3) is 0 Å². The molecular weight excluding hydrogens is 272 g/mol. The minimum absolute atomic E-state index is 0.0634. The first-order valence-corrected chi connectivity index (χ1v) is 7.37. The van der Waals surface area contributed by atoms with Gasteiger partial charge in [0.1, 0.15) is 12.5 Å². The van der Waals surface area contributed by atoms with Crippen molar-refractivity contribution in [1.82, 2.24) is 9.80 Å². The fraction of sp³-hybridized carbons (Fsp3) is 0.800. The predicted octanol–water partition coefficient (Wildman–Crippen LogP) is 1.29. The molecule has 0 atom stereocenters. The van der Waals surface area contributed by atoms with E-state index in [1.807, 2.05) is 6.92 Å². The quantitative estimate of drug-likeness (QED) is 0.346. The average Bonchev–Trinajstić information content (AvgIpc) is 2.44. The van der Waals surface area contributed by atoms with E-state index in [-0.39, 0.29) is 36.7 Å². The number of ketones is 1. The van der Waals surface area contributed by atoms with Crippen LogP contribution in [0.3, 0.4) is 0 Å². The number of nitrogens with zero attached hydrogens (tertiary/aromatic N) is 2. The monoisotopic (exact) mass is 300 g/mol. The summed E-state index contributed by atoms with van der Waals surface area (Å²) >= 11 is 0. The van der Waals surface area contributed by atoms with Crippen molar-refractivity contribution in [3.05, 3.63) is 0 Å². The molecule has 0 bridgehead atoms. The summed E-state index contributed by atoms with van der Waals surface area (Å²) in [6, 6.07) is 0. The fourth-order valence-corrected chi connectivity index (χ4v) is 1.56. The van der Waals surface area contributed by atoms with Crippen LogP contribution in [0.5, 0.6) is 0 Å². The molecule has 0 saturated carbocycles. The maximum Gasteiger partial charge on any atom is 0.231 e. The number of ether oxygens (including phenoxy) is 1. The second kappa shape index (κ2) is 10.3. The van der Waals surface area contributed by atoms with Gasteiger partial charge >= 0.3 is 0 Å². The molecule has 6 heteroatoms. The molecule has 0 aliphatic heterocycles. The number of hydrogen-bond donors (Lipinski definition) is 0. The molecule has 0 aromatic carbocycles. The molecule has 0 aromatic heterocycles. The largest absolute Gasteiger partial charge is 0.361 e. The normalized spacial score (nSPS) is 10.6. The van der Waals surface area contributed by atoms with Crippen LogP contribution in [0.2, 0.25) is 0 Å². The second-order valence-corrected chi connectivity index (χ2v) is 5.45. The van der Waals surface area contributed by atoms with Gasteiger partial charge < -0.3 is 14.5 Å². The number of Topliss-reactive ketones (excluding diaryl/α,β-unsaturated/α-hetero) is 1. The summed E-state index contributed by atoms with van der Waals surface area (Å²) in [5, 5.41) is 0. The highest BCUT2D eigenvalue weighted by molar-refractivity contribution is 5.98. The Morgan fingerprint density at radius 3 is 2.19 bits per heavy atom. The molecule has 0 aromatic rings. The van der Waals surface area contributed by atoms with E-state index in [1.165, 1.54) is 4.90 Å². The van der Waals surface area contributed by atoms with Gasteiger partial charge in [0, 0.05) is 33.0 Å². The second-order valence-electron chi connectivity index (χ2n) is 5.45. The molecule has 0 aliphatic rings. The minimum Gasteiger partial charge on any atom is -0.361 e. The van der Waals surface area contributed by atoms with Crippen molar-refractivity contribution in [2.75, 3.05) is 34.0 Å². The van der Waals surface area contributed by atoms with Crippen molar-refractivity contribution in [3.63, 3.8) is 0 Å². The zero-order valence-corrected chi connectivity index (χ0v) is 13.8. The predicted molar refractivity (Wildman–Crippen MR) is 80.6 cm³/mol. The Hall–Kier alpha value is -1.43. The molecular formula is C15H28N2O4. The third-order valence-electron chi connectivity index (χ3n) is 3.19. The van der Waals surface area contributed by atoms with Gasteiger partial charge in [-0.1, -0.05) is 20.8 Å². The van der Waals surface area contributed by atoms with E-state index in [9.17, 15) is 14.4 Å². The summed E-state index contributed by atoms with van der Waals surface area (Å²) in [4.78, 5) is 37.6. The molecule has 0 aliphatic carbocycles. The minimum atomic E-state index is -0.230. The highest BCUT2D eigenvalue weighted by Gasteiger charge is 2.16. The van der Waals surface area contributed by atoms with Crippen molar-refractivity contribution in [2.24, 2.45) is 5.92 Å². The number of carbonyl (C=O) groups is 3. The summed E-state index contributed by atoms with van der Waals surface area (Å²) in [6.45, 7) is 6.65. The van der Waals surface area contributed by atoms with Crippen molar-refractivity contribution in [3.8, 4) is 0 Å². The summed E-state index contributed by atoms with van der Waals surface area (Å²) < 4.78 is 5.38. The number of carbonyl (C=O) groups excluding carboxylic acids is 3. The fourth-order valence-electron chi connectivity index (χ4n) is 1.56. The lowest BCUT2D eigenvalue weighted by Crippen LogP contribution is -2.32. The molecule has 0 saturated heterocycles. The van der Waals surface area contributed by atoms with Crippen molar-refractivity contribution in [2.45, 2.75) is 40.0 Å². The Labute approximate surface area is 127 Å². The van der Waals surface area contributed by atoms with E-state index in [0.717, 1.165) is 6.42 Å². The van der Waals surface area contributed by atoms with Gasteiger partial charge in [-0.3, -0.25) is 14.4 Å². The molecule has 122 valence electrons. The molecule has 0 heterocycles. The zero-order valence-electron chi connectivity index (χ0n) is 13.8. The molecule has 2 amide bonds. The van der Waals surface area contributed by atoms with Crippen LogP contribution in [0.1, 0.15) is 40.0 Å². The van der Waals surface area contributed by atoms with E-state index < -0.39 is 0 Å². The SMILES string of the molecule is CCC(=O)N(C)CCCOCN(C)C(=O)CC(=O)C(C)C. The van der Waals surface area contributed by atoms with Crippen LogP contribution in [0.15, 0.2) is 0 Å². The van der Waals surface area contributed by atoms with Gasteiger partial charge in [-0.05, 0) is 6.42 Å². The van der Waals surface area contributed by atoms with Crippen LogP contribution in [-0.2, 0) is 19.1 Å². The van der Waals surface area contributed by atoms with E-state index in [4.69, 9.17) is 4.74 Å². The summed E-state index contributed by atoms with van der Waals surface area (Å²) in [5.74, 6) is -0.317. The summed E-state index contributed by atoms with van der Waals surface area (Å²) in [7, 11) is 3.38. The third kappa shape index (κ3) is 8.45. The van der Waals surface area contributed by atoms with Crippen LogP contribution in [0.4, 0.5) is 0 Å². The first kappa shape index (κ1) is 19.6. The highest BCUT2D eigenvalue weighted by Crippen LogP contribution is 2.02. The third-order valence-corrected chi connectivity index (χ3v) is 3.19. The molecule has 6 nitrogen and oxygen atoms in total. The first-order valence-electron chi connectivity index (χ1n) is 7.37.